The lowest BCUT2D eigenvalue weighted by Crippen LogP contribution is -2.43. The van der Waals surface area contributed by atoms with Crippen LogP contribution in [0.1, 0.15) is 24.1 Å². The van der Waals surface area contributed by atoms with E-state index in [9.17, 15) is 4.79 Å². The van der Waals surface area contributed by atoms with Crippen molar-refractivity contribution in [1.82, 2.24) is 20.2 Å². The Morgan fingerprint density at radius 2 is 2.09 bits per heavy atom. The molecule has 1 amide bonds. The van der Waals surface area contributed by atoms with E-state index in [1.54, 1.807) is 13.3 Å². The van der Waals surface area contributed by atoms with E-state index >= 15 is 0 Å². The number of likely N-dealkylation sites (tertiary alicyclic amines) is 1. The van der Waals surface area contributed by atoms with Crippen LogP contribution in [0.15, 0.2) is 36.5 Å². The number of rotatable bonds is 7. The van der Waals surface area contributed by atoms with Crippen molar-refractivity contribution in [2.45, 2.75) is 31.8 Å². The van der Waals surface area contributed by atoms with Gasteiger partial charge in [0, 0.05) is 30.7 Å². The van der Waals surface area contributed by atoms with Gasteiger partial charge in [-0.05, 0) is 68.2 Å². The van der Waals surface area contributed by atoms with Gasteiger partial charge in [0.05, 0.1) is 23.3 Å². The van der Waals surface area contributed by atoms with Crippen LogP contribution in [0.2, 0.25) is 5.02 Å². The van der Waals surface area contributed by atoms with Gasteiger partial charge >= 0.3 is 0 Å². The number of ether oxygens (including phenoxy) is 2. The van der Waals surface area contributed by atoms with Gasteiger partial charge in [0.2, 0.25) is 0 Å². The first kappa shape index (κ1) is 25.4. The first-order valence-corrected chi connectivity index (χ1v) is 12.0. The minimum Gasteiger partial charge on any atom is -0.497 e. The highest BCUT2D eigenvalue weighted by molar-refractivity contribution is 6.32. The summed E-state index contributed by atoms with van der Waals surface area (Å²) >= 11 is 6.52. The minimum atomic E-state index is -0.169. The summed E-state index contributed by atoms with van der Waals surface area (Å²) < 4.78 is 10.8. The Labute approximate surface area is 215 Å². The second kappa shape index (κ2) is 11.4. The molecule has 0 atom stereocenters. The normalized spacial score (nSPS) is 16.2. The number of benzene rings is 1. The number of aromatic nitrogens is 2. The minimum absolute atomic E-state index is 0. The van der Waals surface area contributed by atoms with Gasteiger partial charge in [-0.2, -0.15) is 0 Å². The topological polar surface area (TPSA) is 88.6 Å². The number of methoxy groups -OCH3 is 1. The molecule has 4 heterocycles. The lowest BCUT2D eigenvalue weighted by atomic mass is 10.0. The number of amides is 1. The molecule has 2 aromatic heterocycles. The van der Waals surface area contributed by atoms with Crippen LogP contribution in [-0.2, 0) is 17.8 Å². The number of piperidine rings is 1. The lowest BCUT2D eigenvalue weighted by molar-refractivity contribution is -0.118. The Hall–Kier alpha value is -2.65. The van der Waals surface area contributed by atoms with Gasteiger partial charge in [0.15, 0.2) is 18.2 Å². The molecule has 2 N–H and O–H groups in total. The van der Waals surface area contributed by atoms with Gasteiger partial charge < -0.3 is 25.0 Å². The molecule has 1 fully saturated rings. The van der Waals surface area contributed by atoms with E-state index in [0.29, 0.717) is 29.2 Å². The molecule has 0 unspecified atom stereocenters. The van der Waals surface area contributed by atoms with Gasteiger partial charge in [-0.25, -0.2) is 4.98 Å². The maximum atomic E-state index is 11.5. The molecule has 0 saturated carbocycles. The summed E-state index contributed by atoms with van der Waals surface area (Å²) in [6, 6.07) is 10.2. The molecule has 10 heteroatoms. The van der Waals surface area contributed by atoms with Crippen LogP contribution in [0.3, 0.4) is 0 Å². The van der Waals surface area contributed by atoms with Gasteiger partial charge in [-0.1, -0.05) is 11.6 Å². The summed E-state index contributed by atoms with van der Waals surface area (Å²) in [5, 5.41) is 8.14. The molecule has 0 bridgehead atoms. The summed E-state index contributed by atoms with van der Waals surface area (Å²) in [7, 11) is 1.67. The maximum absolute atomic E-state index is 11.5. The fourth-order valence-electron chi connectivity index (χ4n) is 4.57. The zero-order chi connectivity index (χ0) is 23.5. The van der Waals surface area contributed by atoms with Crippen LogP contribution in [-0.4, -0.2) is 60.2 Å². The standard InChI is InChI=1S/C25H28ClN5O3.ClH/c1-33-18-3-4-22-20(12-18)19(21(26)14-28-22)8-11-31-9-6-16(7-10-31)27-13-17-2-5-23-25(29-17)30-24(32)15-34-23;/h2-5,12,14,16,27H,6-11,13,15H2,1H3,(H,29,30,32);1H. The summed E-state index contributed by atoms with van der Waals surface area (Å²) in [4.78, 5) is 23.0. The summed E-state index contributed by atoms with van der Waals surface area (Å²) in [5.74, 6) is 1.77. The Morgan fingerprint density at radius 1 is 1.26 bits per heavy atom. The van der Waals surface area contributed by atoms with Crippen LogP contribution in [0.5, 0.6) is 11.5 Å². The fraction of sp³-hybridized carbons (Fsp3) is 0.400. The number of pyridine rings is 2. The highest BCUT2D eigenvalue weighted by atomic mass is 35.5. The van der Waals surface area contributed by atoms with Crippen LogP contribution in [0.25, 0.3) is 10.9 Å². The quantitative estimate of drug-likeness (QED) is 0.492. The van der Waals surface area contributed by atoms with E-state index < -0.39 is 0 Å². The third-order valence-electron chi connectivity index (χ3n) is 6.50. The number of halogens is 2. The molecule has 1 aromatic carbocycles. The highest BCUT2D eigenvalue weighted by Crippen LogP contribution is 2.29. The molecule has 8 nitrogen and oxygen atoms in total. The first-order valence-electron chi connectivity index (χ1n) is 11.6. The number of hydrogen-bond acceptors (Lipinski definition) is 7. The predicted octanol–water partition coefficient (Wildman–Crippen LogP) is 3.84. The molecule has 1 saturated heterocycles. The number of fused-ring (bicyclic) bond motifs is 2. The monoisotopic (exact) mass is 517 g/mol. The van der Waals surface area contributed by atoms with E-state index in [1.807, 2.05) is 30.3 Å². The average molecular weight is 518 g/mol. The third kappa shape index (κ3) is 5.95. The second-order valence-electron chi connectivity index (χ2n) is 8.70. The molecule has 35 heavy (non-hydrogen) atoms. The number of carbonyl (C=O) groups excluding carboxylic acids is 1. The Balaban J connectivity index is 0.00000289. The number of hydrogen-bond donors (Lipinski definition) is 2. The number of nitrogens with zero attached hydrogens (tertiary/aromatic N) is 3. The largest absolute Gasteiger partial charge is 0.497 e. The average Bonchev–Trinajstić information content (AvgIpc) is 2.87. The van der Waals surface area contributed by atoms with Crippen molar-refractivity contribution in [3.05, 3.63) is 52.8 Å². The highest BCUT2D eigenvalue weighted by Gasteiger charge is 2.21. The zero-order valence-corrected chi connectivity index (χ0v) is 21.1. The summed E-state index contributed by atoms with van der Waals surface area (Å²) in [6.07, 6.45) is 4.76. The van der Waals surface area contributed by atoms with Crippen LogP contribution < -0.4 is 20.1 Å². The van der Waals surface area contributed by atoms with Gasteiger partial charge in [0.1, 0.15) is 5.75 Å². The molecule has 2 aliphatic rings. The number of carbonyl (C=O) groups is 1. The molecule has 0 aliphatic carbocycles. The Kier molecular flexibility index (Phi) is 8.28. The second-order valence-corrected chi connectivity index (χ2v) is 9.11. The SMILES string of the molecule is COc1ccc2ncc(Cl)c(CCN3CCC(NCc4ccc5c(n4)NC(=O)CO5)CC3)c2c1.Cl. The smallest absolute Gasteiger partial charge is 0.263 e. The molecule has 0 spiro atoms. The van der Waals surface area contributed by atoms with E-state index in [2.05, 4.69) is 25.5 Å². The molecule has 186 valence electrons. The summed E-state index contributed by atoms with van der Waals surface area (Å²) in [5.41, 5.74) is 2.95. The van der Waals surface area contributed by atoms with Crippen molar-refractivity contribution in [2.24, 2.45) is 0 Å². The zero-order valence-electron chi connectivity index (χ0n) is 19.6. The first-order chi connectivity index (χ1) is 16.6. The Bertz CT molecular complexity index is 1200. The number of nitrogens with one attached hydrogen (secondary N) is 2. The van der Waals surface area contributed by atoms with Gasteiger partial charge in [-0.3, -0.25) is 9.78 Å². The molecular formula is C25H29Cl2N5O3. The van der Waals surface area contributed by atoms with E-state index in [0.717, 1.165) is 66.8 Å². The van der Waals surface area contributed by atoms with Crippen molar-refractivity contribution in [3.63, 3.8) is 0 Å². The number of anilines is 1. The molecule has 5 rings (SSSR count). The van der Waals surface area contributed by atoms with Crippen molar-refractivity contribution in [1.29, 1.82) is 0 Å². The van der Waals surface area contributed by atoms with Crippen molar-refractivity contribution < 1.29 is 14.3 Å². The van der Waals surface area contributed by atoms with Crippen molar-refractivity contribution in [3.8, 4) is 11.5 Å². The van der Waals surface area contributed by atoms with Crippen molar-refractivity contribution >= 4 is 46.6 Å². The van der Waals surface area contributed by atoms with Crippen molar-refractivity contribution in [2.75, 3.05) is 38.7 Å². The summed E-state index contributed by atoms with van der Waals surface area (Å²) in [6.45, 7) is 3.72. The van der Waals surface area contributed by atoms with E-state index in [-0.39, 0.29) is 24.9 Å². The van der Waals surface area contributed by atoms with E-state index in [1.165, 1.54) is 0 Å². The van der Waals surface area contributed by atoms with Crippen LogP contribution in [0, 0.1) is 0 Å². The predicted molar refractivity (Wildman–Crippen MR) is 139 cm³/mol. The fourth-order valence-corrected chi connectivity index (χ4v) is 4.81. The maximum Gasteiger partial charge on any atom is 0.263 e. The molecule has 3 aromatic rings. The Morgan fingerprint density at radius 3 is 2.89 bits per heavy atom. The van der Waals surface area contributed by atoms with Gasteiger partial charge in [0.25, 0.3) is 5.91 Å². The molecule has 2 aliphatic heterocycles. The van der Waals surface area contributed by atoms with Crippen LogP contribution >= 0.6 is 24.0 Å². The van der Waals surface area contributed by atoms with Gasteiger partial charge in [-0.15, -0.1) is 12.4 Å². The third-order valence-corrected chi connectivity index (χ3v) is 6.83. The van der Waals surface area contributed by atoms with Crippen LogP contribution in [0.4, 0.5) is 5.82 Å². The lowest BCUT2D eigenvalue weighted by Gasteiger charge is -2.32. The molecule has 0 radical (unpaired) electrons. The van der Waals surface area contributed by atoms with E-state index in [4.69, 9.17) is 21.1 Å². The molecular weight excluding hydrogens is 489 g/mol.